The highest BCUT2D eigenvalue weighted by atomic mass is 19.1. The molecule has 6 heteroatoms. The number of rotatable bonds is 8. The first-order valence-corrected chi connectivity index (χ1v) is 12.1. The lowest BCUT2D eigenvalue weighted by Gasteiger charge is -2.31. The fourth-order valence-corrected chi connectivity index (χ4v) is 4.38. The monoisotopic (exact) mass is 471 g/mol. The van der Waals surface area contributed by atoms with Gasteiger partial charge in [-0.1, -0.05) is 56.2 Å². The maximum Gasteiger partial charge on any atom is 0.266 e. The van der Waals surface area contributed by atoms with E-state index in [4.69, 9.17) is 4.98 Å². The maximum absolute atomic E-state index is 14.6. The van der Waals surface area contributed by atoms with Crippen molar-refractivity contribution < 1.29 is 9.18 Å². The molecule has 0 saturated heterocycles. The highest BCUT2D eigenvalue weighted by Crippen LogP contribution is 2.26. The Morgan fingerprint density at radius 1 is 1.03 bits per heavy atom. The molecule has 4 aromatic rings. The lowest BCUT2D eigenvalue weighted by Crippen LogP contribution is -2.38. The van der Waals surface area contributed by atoms with Crippen LogP contribution >= 0.6 is 0 Å². The third-order valence-corrected chi connectivity index (χ3v) is 6.27. The van der Waals surface area contributed by atoms with E-state index in [1.54, 1.807) is 33.7 Å². The molecule has 1 heterocycles. The van der Waals surface area contributed by atoms with Crippen LogP contribution in [-0.4, -0.2) is 26.9 Å². The molecule has 0 saturated carbocycles. The Kier molecular flexibility index (Phi) is 7.39. The molecular formula is C29H30FN3O2. The Balaban J connectivity index is 1.90. The zero-order valence-corrected chi connectivity index (χ0v) is 20.4. The Morgan fingerprint density at radius 3 is 2.51 bits per heavy atom. The molecule has 0 radical (unpaired) electrons. The number of carbonyl (C=O) groups excluding carboxylic acids is 1. The predicted octanol–water partition coefficient (Wildman–Crippen LogP) is 6.23. The van der Waals surface area contributed by atoms with Crippen molar-refractivity contribution in [1.82, 2.24) is 14.5 Å². The van der Waals surface area contributed by atoms with E-state index in [1.165, 1.54) is 12.1 Å². The summed E-state index contributed by atoms with van der Waals surface area (Å²) in [6.45, 7) is 6.34. The van der Waals surface area contributed by atoms with Crippen molar-refractivity contribution in [2.24, 2.45) is 0 Å². The van der Waals surface area contributed by atoms with Gasteiger partial charge in [0.25, 0.3) is 11.5 Å². The minimum atomic E-state index is -0.572. The first-order valence-electron chi connectivity index (χ1n) is 12.1. The fourth-order valence-electron chi connectivity index (χ4n) is 4.38. The number of para-hydroxylation sites is 1. The SMILES string of the molecule is CCCCCN(C(=O)c1ccccc1F)C(C)c1nc2ccccc2c(=O)n1-c1cccc(C)c1. The van der Waals surface area contributed by atoms with E-state index in [9.17, 15) is 14.0 Å². The predicted molar refractivity (Wildman–Crippen MR) is 137 cm³/mol. The molecule has 1 aromatic heterocycles. The standard InChI is InChI=1S/C29H30FN3O2/c1-4-5-10-18-32(28(34)23-14-6-8-16-25(23)30)21(3)27-31-26-17-9-7-15-24(26)29(35)33(27)22-13-11-12-20(2)19-22/h6-9,11-17,19,21H,4-5,10,18H2,1-3H3. The topological polar surface area (TPSA) is 55.2 Å². The Labute approximate surface area is 204 Å². The summed E-state index contributed by atoms with van der Waals surface area (Å²) in [4.78, 5) is 33.8. The maximum atomic E-state index is 14.6. The molecule has 0 bridgehead atoms. The van der Waals surface area contributed by atoms with Gasteiger partial charge in [-0.05, 0) is 62.2 Å². The van der Waals surface area contributed by atoms with Gasteiger partial charge in [-0.25, -0.2) is 9.37 Å². The van der Waals surface area contributed by atoms with Crippen LogP contribution in [0.15, 0.2) is 77.6 Å². The lowest BCUT2D eigenvalue weighted by molar-refractivity contribution is 0.0672. The number of nitrogens with zero attached hydrogens (tertiary/aromatic N) is 3. The molecule has 0 aliphatic heterocycles. The number of halogens is 1. The fraction of sp³-hybridized carbons (Fsp3) is 0.276. The number of carbonyl (C=O) groups is 1. The van der Waals surface area contributed by atoms with Crippen LogP contribution in [-0.2, 0) is 0 Å². The third kappa shape index (κ3) is 5.02. The van der Waals surface area contributed by atoms with Gasteiger partial charge in [-0.15, -0.1) is 0 Å². The number of amides is 1. The van der Waals surface area contributed by atoms with Crippen LogP contribution in [0.2, 0.25) is 0 Å². The molecule has 5 nitrogen and oxygen atoms in total. The summed E-state index contributed by atoms with van der Waals surface area (Å²) in [6.07, 6.45) is 2.69. The van der Waals surface area contributed by atoms with Gasteiger partial charge in [-0.3, -0.25) is 14.2 Å². The van der Waals surface area contributed by atoms with Gasteiger partial charge in [-0.2, -0.15) is 0 Å². The molecule has 0 spiro atoms. The number of fused-ring (bicyclic) bond motifs is 1. The van der Waals surface area contributed by atoms with E-state index in [2.05, 4.69) is 6.92 Å². The number of benzene rings is 3. The molecule has 1 unspecified atom stereocenters. The quantitative estimate of drug-likeness (QED) is 0.286. The van der Waals surface area contributed by atoms with Crippen LogP contribution < -0.4 is 5.56 Å². The molecule has 1 atom stereocenters. The number of hydrogen-bond donors (Lipinski definition) is 0. The normalized spacial score (nSPS) is 12.0. The largest absolute Gasteiger partial charge is 0.329 e. The molecule has 0 N–H and O–H groups in total. The van der Waals surface area contributed by atoms with Gasteiger partial charge in [0, 0.05) is 6.54 Å². The number of hydrogen-bond acceptors (Lipinski definition) is 3. The second-order valence-corrected chi connectivity index (χ2v) is 8.83. The van der Waals surface area contributed by atoms with Crippen LogP contribution in [0.3, 0.4) is 0 Å². The van der Waals surface area contributed by atoms with E-state index in [0.29, 0.717) is 29.0 Å². The van der Waals surface area contributed by atoms with Crippen LogP contribution in [0.25, 0.3) is 16.6 Å². The molecule has 3 aromatic carbocycles. The summed E-state index contributed by atoms with van der Waals surface area (Å²) >= 11 is 0. The van der Waals surface area contributed by atoms with Crippen molar-refractivity contribution in [3.8, 4) is 5.69 Å². The second kappa shape index (κ2) is 10.6. The van der Waals surface area contributed by atoms with Gasteiger partial charge in [0.2, 0.25) is 0 Å². The number of aromatic nitrogens is 2. The van der Waals surface area contributed by atoms with Gasteiger partial charge in [0.1, 0.15) is 11.6 Å². The van der Waals surface area contributed by atoms with Crippen LogP contribution in [0.1, 0.15) is 60.9 Å². The lowest BCUT2D eigenvalue weighted by atomic mass is 10.1. The van der Waals surface area contributed by atoms with Crippen molar-refractivity contribution in [3.63, 3.8) is 0 Å². The third-order valence-electron chi connectivity index (χ3n) is 6.27. The van der Waals surface area contributed by atoms with Crippen molar-refractivity contribution in [2.45, 2.75) is 46.1 Å². The summed E-state index contributed by atoms with van der Waals surface area (Å²) < 4.78 is 16.2. The van der Waals surface area contributed by atoms with E-state index >= 15 is 0 Å². The van der Waals surface area contributed by atoms with Gasteiger partial charge < -0.3 is 4.90 Å². The zero-order valence-electron chi connectivity index (χ0n) is 20.4. The highest BCUT2D eigenvalue weighted by Gasteiger charge is 2.28. The average molecular weight is 472 g/mol. The molecule has 0 fully saturated rings. The van der Waals surface area contributed by atoms with Crippen molar-refractivity contribution in [1.29, 1.82) is 0 Å². The molecule has 0 aliphatic carbocycles. The number of aryl methyl sites for hydroxylation is 1. The van der Waals surface area contributed by atoms with Crippen molar-refractivity contribution >= 4 is 16.8 Å². The van der Waals surface area contributed by atoms with E-state index in [1.807, 2.05) is 50.2 Å². The number of unbranched alkanes of at least 4 members (excludes halogenated alkanes) is 2. The molecule has 35 heavy (non-hydrogen) atoms. The molecule has 4 rings (SSSR count). The average Bonchev–Trinajstić information content (AvgIpc) is 2.86. The van der Waals surface area contributed by atoms with E-state index < -0.39 is 17.8 Å². The van der Waals surface area contributed by atoms with Gasteiger partial charge >= 0.3 is 0 Å². The van der Waals surface area contributed by atoms with E-state index in [-0.39, 0.29) is 11.1 Å². The Bertz CT molecular complexity index is 1410. The first kappa shape index (κ1) is 24.3. The molecular weight excluding hydrogens is 441 g/mol. The van der Waals surface area contributed by atoms with Gasteiger partial charge in [0.05, 0.1) is 28.2 Å². The smallest absolute Gasteiger partial charge is 0.266 e. The zero-order chi connectivity index (χ0) is 24.9. The van der Waals surface area contributed by atoms with E-state index in [0.717, 1.165) is 24.8 Å². The summed E-state index contributed by atoms with van der Waals surface area (Å²) in [6, 6.07) is 20.3. The molecule has 0 aliphatic rings. The van der Waals surface area contributed by atoms with Gasteiger partial charge in [0.15, 0.2) is 0 Å². The summed E-state index contributed by atoms with van der Waals surface area (Å²) in [5.74, 6) is -0.530. The van der Waals surface area contributed by atoms with Crippen LogP contribution in [0.5, 0.6) is 0 Å². The summed E-state index contributed by atoms with van der Waals surface area (Å²) in [5.41, 5.74) is 2.07. The second-order valence-electron chi connectivity index (χ2n) is 8.83. The van der Waals surface area contributed by atoms with Crippen molar-refractivity contribution in [2.75, 3.05) is 6.54 Å². The summed E-state index contributed by atoms with van der Waals surface area (Å²) in [5, 5.41) is 0.503. The molecule has 180 valence electrons. The molecule has 1 amide bonds. The minimum Gasteiger partial charge on any atom is -0.329 e. The Hall–Kier alpha value is -3.80. The first-order chi connectivity index (χ1) is 16.9. The van der Waals surface area contributed by atoms with Crippen molar-refractivity contribution in [3.05, 3.63) is 106 Å². The van der Waals surface area contributed by atoms with Crippen LogP contribution in [0, 0.1) is 12.7 Å². The summed E-state index contributed by atoms with van der Waals surface area (Å²) in [7, 11) is 0. The highest BCUT2D eigenvalue weighted by molar-refractivity contribution is 5.94. The van der Waals surface area contributed by atoms with Crippen LogP contribution in [0.4, 0.5) is 4.39 Å². The minimum absolute atomic E-state index is 0.0149. The Morgan fingerprint density at radius 2 is 1.77 bits per heavy atom.